The van der Waals surface area contributed by atoms with Crippen molar-refractivity contribution in [3.05, 3.63) is 34.6 Å². The highest BCUT2D eigenvalue weighted by atomic mass is 35.5. The lowest BCUT2D eigenvalue weighted by Gasteiger charge is -2.29. The first-order valence-corrected chi connectivity index (χ1v) is 9.20. The van der Waals surface area contributed by atoms with E-state index in [0.717, 1.165) is 25.9 Å². The van der Waals surface area contributed by atoms with Crippen molar-refractivity contribution in [2.45, 2.75) is 32.4 Å². The molecule has 26 heavy (non-hydrogen) atoms. The van der Waals surface area contributed by atoms with E-state index in [1.165, 1.54) is 6.07 Å². The lowest BCUT2D eigenvalue weighted by atomic mass is 10.1. The summed E-state index contributed by atoms with van der Waals surface area (Å²) in [4.78, 5) is 27.5. The highest BCUT2D eigenvalue weighted by Gasteiger charge is 2.19. The Labute approximate surface area is 158 Å². The molecule has 1 aliphatic rings. The van der Waals surface area contributed by atoms with Crippen LogP contribution in [-0.4, -0.2) is 61.0 Å². The lowest BCUT2D eigenvalue weighted by molar-refractivity contribution is -0.132. The summed E-state index contributed by atoms with van der Waals surface area (Å²) < 4.78 is 13.4. The van der Waals surface area contributed by atoms with Crippen molar-refractivity contribution in [1.82, 2.24) is 20.4 Å². The molecule has 2 N–H and O–H groups in total. The molecule has 0 aliphatic carbocycles. The number of halogens is 2. The van der Waals surface area contributed by atoms with Crippen molar-refractivity contribution >= 4 is 23.5 Å². The Kier molecular flexibility index (Phi) is 7.66. The zero-order chi connectivity index (χ0) is 19.1. The second kappa shape index (κ2) is 9.73. The van der Waals surface area contributed by atoms with Gasteiger partial charge in [-0.05, 0) is 31.4 Å². The predicted molar refractivity (Wildman–Crippen MR) is 99.6 cm³/mol. The third kappa shape index (κ3) is 5.57. The Morgan fingerprint density at radius 3 is 3.00 bits per heavy atom. The number of carbonyl (C=O) groups is 2. The standard InChI is InChI=1S/C18H26ClFN4O2/c1-13(5-4-9-24-10-8-21-12-16(24)25)23(2)18(26)22-11-14-6-3-7-15(20)17(14)19/h3,6-7,13,21H,4-5,8-12H2,1-2H3,(H,22,26). The first-order chi connectivity index (χ1) is 12.4. The summed E-state index contributed by atoms with van der Waals surface area (Å²) >= 11 is 5.90. The molecule has 144 valence electrons. The Morgan fingerprint density at radius 1 is 1.50 bits per heavy atom. The third-order valence-electron chi connectivity index (χ3n) is 4.68. The number of carbonyl (C=O) groups excluding carboxylic acids is 2. The number of benzene rings is 1. The zero-order valence-electron chi connectivity index (χ0n) is 15.2. The number of piperazine rings is 1. The molecule has 8 heteroatoms. The number of hydrogen-bond acceptors (Lipinski definition) is 3. The quantitative estimate of drug-likeness (QED) is 0.757. The van der Waals surface area contributed by atoms with Gasteiger partial charge >= 0.3 is 6.03 Å². The van der Waals surface area contributed by atoms with Gasteiger partial charge in [0.05, 0.1) is 11.6 Å². The van der Waals surface area contributed by atoms with Gasteiger partial charge in [0.25, 0.3) is 0 Å². The first-order valence-electron chi connectivity index (χ1n) is 8.82. The van der Waals surface area contributed by atoms with E-state index in [1.807, 2.05) is 11.8 Å². The number of rotatable bonds is 7. The molecule has 6 nitrogen and oxygen atoms in total. The maximum atomic E-state index is 13.4. The van der Waals surface area contributed by atoms with Crippen molar-refractivity contribution in [1.29, 1.82) is 0 Å². The minimum atomic E-state index is -0.498. The SMILES string of the molecule is CC(CCCN1CCNCC1=O)N(C)C(=O)NCc1cccc(F)c1Cl. The number of hydrogen-bond donors (Lipinski definition) is 2. The van der Waals surface area contributed by atoms with Crippen LogP contribution in [0.2, 0.25) is 5.02 Å². The minimum absolute atomic E-state index is 0.0241. The van der Waals surface area contributed by atoms with Crippen molar-refractivity contribution in [2.75, 3.05) is 33.2 Å². The molecule has 1 heterocycles. The molecule has 1 aromatic carbocycles. The molecule has 3 amide bonds. The number of nitrogens with one attached hydrogen (secondary N) is 2. The highest BCUT2D eigenvalue weighted by molar-refractivity contribution is 6.31. The van der Waals surface area contributed by atoms with Crippen LogP contribution in [0.5, 0.6) is 0 Å². The van der Waals surface area contributed by atoms with E-state index in [4.69, 9.17) is 11.6 Å². The Morgan fingerprint density at radius 2 is 2.27 bits per heavy atom. The summed E-state index contributed by atoms with van der Waals surface area (Å²) in [5, 5.41) is 5.84. The van der Waals surface area contributed by atoms with E-state index >= 15 is 0 Å². The summed E-state index contributed by atoms with van der Waals surface area (Å²) in [5.41, 5.74) is 0.540. The van der Waals surface area contributed by atoms with Crippen LogP contribution in [0.1, 0.15) is 25.3 Å². The van der Waals surface area contributed by atoms with Gasteiger partial charge in [0.2, 0.25) is 5.91 Å². The molecular formula is C18H26ClFN4O2. The summed E-state index contributed by atoms with van der Waals surface area (Å²) in [6.45, 7) is 4.81. The van der Waals surface area contributed by atoms with Gasteiger partial charge in [-0.25, -0.2) is 9.18 Å². The largest absolute Gasteiger partial charge is 0.340 e. The van der Waals surface area contributed by atoms with E-state index in [-0.39, 0.29) is 29.5 Å². The molecule has 1 saturated heterocycles. The van der Waals surface area contributed by atoms with Crippen LogP contribution in [0.15, 0.2) is 18.2 Å². The Hall–Kier alpha value is -1.86. The average Bonchev–Trinajstić information content (AvgIpc) is 2.63. The van der Waals surface area contributed by atoms with Crippen LogP contribution in [0.4, 0.5) is 9.18 Å². The van der Waals surface area contributed by atoms with E-state index in [2.05, 4.69) is 10.6 Å². The van der Waals surface area contributed by atoms with Crippen molar-refractivity contribution in [3.8, 4) is 0 Å². The third-order valence-corrected chi connectivity index (χ3v) is 5.10. The van der Waals surface area contributed by atoms with Crippen LogP contribution < -0.4 is 10.6 Å². The van der Waals surface area contributed by atoms with Gasteiger partial charge in [-0.1, -0.05) is 23.7 Å². The molecule has 1 unspecified atom stereocenters. The fraction of sp³-hybridized carbons (Fsp3) is 0.556. The zero-order valence-corrected chi connectivity index (χ0v) is 16.0. The topological polar surface area (TPSA) is 64.7 Å². The summed E-state index contributed by atoms with van der Waals surface area (Å²) in [5.74, 6) is -0.371. The van der Waals surface area contributed by atoms with Crippen LogP contribution in [0.25, 0.3) is 0 Å². The van der Waals surface area contributed by atoms with Crippen LogP contribution >= 0.6 is 11.6 Å². The van der Waals surface area contributed by atoms with E-state index in [9.17, 15) is 14.0 Å². The summed E-state index contributed by atoms with van der Waals surface area (Å²) in [7, 11) is 1.73. The minimum Gasteiger partial charge on any atom is -0.340 e. The summed E-state index contributed by atoms with van der Waals surface area (Å²) in [6, 6.07) is 4.31. The molecule has 0 radical (unpaired) electrons. The smallest absolute Gasteiger partial charge is 0.317 e. The van der Waals surface area contributed by atoms with Gasteiger partial charge < -0.3 is 20.4 Å². The maximum Gasteiger partial charge on any atom is 0.317 e. The van der Waals surface area contributed by atoms with Crippen LogP contribution in [0.3, 0.4) is 0 Å². The predicted octanol–water partition coefficient (Wildman–Crippen LogP) is 2.22. The Balaban J connectivity index is 1.74. The van der Waals surface area contributed by atoms with Gasteiger partial charge in [0.15, 0.2) is 0 Å². The molecule has 1 aliphatic heterocycles. The average molecular weight is 385 g/mol. The fourth-order valence-electron chi connectivity index (χ4n) is 2.83. The maximum absolute atomic E-state index is 13.4. The molecular weight excluding hydrogens is 359 g/mol. The molecule has 0 bridgehead atoms. The van der Waals surface area contributed by atoms with Crippen molar-refractivity contribution in [2.24, 2.45) is 0 Å². The van der Waals surface area contributed by atoms with Crippen molar-refractivity contribution in [3.63, 3.8) is 0 Å². The fourth-order valence-corrected chi connectivity index (χ4v) is 3.03. The molecule has 0 aromatic heterocycles. The van der Waals surface area contributed by atoms with Gasteiger partial charge in [-0.2, -0.15) is 0 Å². The second-order valence-corrected chi connectivity index (χ2v) is 6.91. The molecule has 1 fully saturated rings. The Bertz CT molecular complexity index is 644. The van der Waals surface area contributed by atoms with Gasteiger partial charge in [-0.15, -0.1) is 0 Å². The molecule has 0 spiro atoms. The molecule has 2 rings (SSSR count). The van der Waals surface area contributed by atoms with Gasteiger partial charge in [-0.3, -0.25) is 4.79 Å². The van der Waals surface area contributed by atoms with E-state index in [1.54, 1.807) is 24.1 Å². The molecule has 1 atom stereocenters. The molecule has 0 saturated carbocycles. The normalized spacial score (nSPS) is 15.7. The number of urea groups is 1. The number of amides is 3. The van der Waals surface area contributed by atoms with E-state index in [0.29, 0.717) is 18.7 Å². The van der Waals surface area contributed by atoms with Gasteiger partial charge in [0, 0.05) is 39.3 Å². The second-order valence-electron chi connectivity index (χ2n) is 6.53. The van der Waals surface area contributed by atoms with Gasteiger partial charge in [0.1, 0.15) is 5.82 Å². The van der Waals surface area contributed by atoms with Crippen molar-refractivity contribution < 1.29 is 14.0 Å². The highest BCUT2D eigenvalue weighted by Crippen LogP contribution is 2.19. The number of nitrogens with zero attached hydrogens (tertiary/aromatic N) is 2. The van der Waals surface area contributed by atoms with Crippen LogP contribution in [-0.2, 0) is 11.3 Å². The monoisotopic (exact) mass is 384 g/mol. The molecule has 1 aromatic rings. The summed E-state index contributed by atoms with van der Waals surface area (Å²) in [6.07, 6.45) is 1.63. The van der Waals surface area contributed by atoms with E-state index < -0.39 is 5.82 Å². The first kappa shape index (κ1) is 20.5. The van der Waals surface area contributed by atoms with Crippen LogP contribution in [0, 0.1) is 5.82 Å². The lowest BCUT2D eigenvalue weighted by Crippen LogP contribution is -2.48.